The summed E-state index contributed by atoms with van der Waals surface area (Å²) in [5.41, 5.74) is 0.403. The molecule has 2 fully saturated rings. The number of nitrogens with zero attached hydrogens (tertiary/aromatic N) is 2. The molecular weight excluding hydrogens is 312 g/mol. The first-order valence-corrected chi connectivity index (χ1v) is 10.4. The predicted molar refractivity (Wildman–Crippen MR) is 106 cm³/mol. The number of hydrogen-bond acceptors (Lipinski definition) is 3. The first-order chi connectivity index (χ1) is 12.2. The Kier molecular flexibility index (Phi) is 9.04. The molecule has 1 heterocycles. The summed E-state index contributed by atoms with van der Waals surface area (Å²) in [6.45, 7) is 8.93. The molecule has 1 aliphatic carbocycles. The van der Waals surface area contributed by atoms with E-state index in [1.54, 1.807) is 0 Å². The van der Waals surface area contributed by atoms with E-state index in [0.717, 1.165) is 38.0 Å². The highest BCUT2D eigenvalue weighted by atomic mass is 16.5. The molecule has 0 bridgehead atoms. The van der Waals surface area contributed by atoms with Crippen molar-refractivity contribution in [3.8, 4) is 0 Å². The van der Waals surface area contributed by atoms with Crippen LogP contribution in [0.3, 0.4) is 0 Å². The van der Waals surface area contributed by atoms with E-state index in [4.69, 9.17) is 4.74 Å². The van der Waals surface area contributed by atoms with Crippen LogP contribution < -0.4 is 10.6 Å². The Morgan fingerprint density at radius 3 is 2.52 bits per heavy atom. The Bertz CT molecular complexity index is 385. The second-order valence-electron chi connectivity index (χ2n) is 7.97. The predicted octanol–water partition coefficient (Wildman–Crippen LogP) is 2.87. The molecule has 1 saturated heterocycles. The van der Waals surface area contributed by atoms with Gasteiger partial charge >= 0.3 is 0 Å². The molecule has 0 aromatic rings. The van der Waals surface area contributed by atoms with Crippen LogP contribution >= 0.6 is 0 Å². The van der Waals surface area contributed by atoms with Gasteiger partial charge in [0.25, 0.3) is 0 Å². The van der Waals surface area contributed by atoms with Gasteiger partial charge in [-0.25, -0.2) is 0 Å². The highest BCUT2D eigenvalue weighted by molar-refractivity contribution is 5.79. The number of nitrogens with one attached hydrogen (secondary N) is 2. The van der Waals surface area contributed by atoms with Gasteiger partial charge in [0.1, 0.15) is 0 Å². The third-order valence-corrected chi connectivity index (χ3v) is 6.35. The average molecular weight is 353 g/mol. The highest BCUT2D eigenvalue weighted by Crippen LogP contribution is 2.40. The van der Waals surface area contributed by atoms with E-state index in [-0.39, 0.29) is 0 Å². The maximum atomic E-state index is 5.33. The SMILES string of the molecule is CCN1CCC(CCNC(=NC)NCC2(CCOC)CCCC2)CC1. The maximum Gasteiger partial charge on any atom is 0.190 e. The Balaban J connectivity index is 1.66. The Morgan fingerprint density at radius 2 is 1.92 bits per heavy atom. The van der Waals surface area contributed by atoms with Crippen LogP contribution in [0.5, 0.6) is 0 Å². The van der Waals surface area contributed by atoms with Crippen molar-refractivity contribution < 1.29 is 4.74 Å². The number of ether oxygens (including phenoxy) is 1. The minimum atomic E-state index is 0.403. The van der Waals surface area contributed by atoms with Crippen molar-refractivity contribution in [2.24, 2.45) is 16.3 Å². The van der Waals surface area contributed by atoms with Gasteiger partial charge in [-0.2, -0.15) is 0 Å². The molecule has 0 atom stereocenters. The lowest BCUT2D eigenvalue weighted by atomic mass is 9.83. The van der Waals surface area contributed by atoms with Crippen molar-refractivity contribution in [2.75, 3.05) is 53.5 Å². The normalized spacial score (nSPS) is 22.3. The van der Waals surface area contributed by atoms with Gasteiger partial charge in [0.2, 0.25) is 0 Å². The number of guanidine groups is 1. The van der Waals surface area contributed by atoms with Gasteiger partial charge in [0, 0.05) is 33.9 Å². The van der Waals surface area contributed by atoms with E-state index in [2.05, 4.69) is 27.4 Å². The third kappa shape index (κ3) is 6.78. The monoisotopic (exact) mass is 352 g/mol. The van der Waals surface area contributed by atoms with Crippen LogP contribution in [0.15, 0.2) is 4.99 Å². The van der Waals surface area contributed by atoms with Gasteiger partial charge in [0.15, 0.2) is 5.96 Å². The van der Waals surface area contributed by atoms with Crippen LogP contribution in [0, 0.1) is 11.3 Å². The molecule has 0 amide bonds. The van der Waals surface area contributed by atoms with Crippen LogP contribution in [-0.2, 0) is 4.74 Å². The number of methoxy groups -OCH3 is 1. The van der Waals surface area contributed by atoms with E-state index in [0.29, 0.717) is 5.41 Å². The first-order valence-electron chi connectivity index (χ1n) is 10.4. The number of piperidine rings is 1. The van der Waals surface area contributed by atoms with Gasteiger partial charge < -0.3 is 20.3 Å². The molecule has 0 radical (unpaired) electrons. The van der Waals surface area contributed by atoms with E-state index in [9.17, 15) is 0 Å². The maximum absolute atomic E-state index is 5.33. The molecule has 5 heteroatoms. The summed E-state index contributed by atoms with van der Waals surface area (Å²) in [7, 11) is 3.69. The van der Waals surface area contributed by atoms with Crippen LogP contribution in [0.2, 0.25) is 0 Å². The number of hydrogen-bond donors (Lipinski definition) is 2. The van der Waals surface area contributed by atoms with E-state index in [1.165, 1.54) is 64.6 Å². The molecule has 0 unspecified atom stereocenters. The second-order valence-corrected chi connectivity index (χ2v) is 7.97. The molecule has 2 rings (SSSR count). The molecule has 1 saturated carbocycles. The van der Waals surface area contributed by atoms with E-state index < -0.39 is 0 Å². The fourth-order valence-electron chi connectivity index (χ4n) is 4.44. The molecular formula is C20H40N4O. The van der Waals surface area contributed by atoms with Crippen molar-refractivity contribution >= 4 is 5.96 Å². The fraction of sp³-hybridized carbons (Fsp3) is 0.950. The fourth-order valence-corrected chi connectivity index (χ4v) is 4.44. The van der Waals surface area contributed by atoms with Gasteiger partial charge in [-0.15, -0.1) is 0 Å². The van der Waals surface area contributed by atoms with Crippen molar-refractivity contribution in [3.63, 3.8) is 0 Å². The summed E-state index contributed by atoms with van der Waals surface area (Å²) >= 11 is 0. The number of likely N-dealkylation sites (tertiary alicyclic amines) is 1. The molecule has 2 aliphatic rings. The summed E-state index contributed by atoms with van der Waals surface area (Å²) in [6.07, 6.45) is 10.5. The largest absolute Gasteiger partial charge is 0.385 e. The molecule has 0 aromatic heterocycles. The van der Waals surface area contributed by atoms with Crippen LogP contribution in [0.25, 0.3) is 0 Å². The summed E-state index contributed by atoms with van der Waals surface area (Å²) < 4.78 is 5.33. The van der Waals surface area contributed by atoms with Crippen molar-refractivity contribution in [1.82, 2.24) is 15.5 Å². The van der Waals surface area contributed by atoms with E-state index in [1.807, 2.05) is 14.2 Å². The minimum absolute atomic E-state index is 0.403. The molecule has 0 spiro atoms. The summed E-state index contributed by atoms with van der Waals surface area (Å²) in [4.78, 5) is 6.98. The topological polar surface area (TPSA) is 48.9 Å². The van der Waals surface area contributed by atoms with Crippen LogP contribution in [0.1, 0.15) is 58.3 Å². The second kappa shape index (κ2) is 11.0. The van der Waals surface area contributed by atoms with Crippen molar-refractivity contribution in [1.29, 1.82) is 0 Å². The van der Waals surface area contributed by atoms with Gasteiger partial charge in [0.05, 0.1) is 0 Å². The lowest BCUT2D eigenvalue weighted by Crippen LogP contribution is -2.44. The summed E-state index contributed by atoms with van der Waals surface area (Å²) in [5, 5.41) is 7.12. The minimum Gasteiger partial charge on any atom is -0.385 e. The molecule has 0 aromatic carbocycles. The van der Waals surface area contributed by atoms with Gasteiger partial charge in [-0.05, 0) is 69.5 Å². The zero-order valence-electron chi connectivity index (χ0n) is 16.8. The Labute approximate surface area is 155 Å². The molecule has 1 aliphatic heterocycles. The number of aliphatic imine (C=N–C) groups is 1. The first kappa shape index (κ1) is 20.5. The van der Waals surface area contributed by atoms with Crippen LogP contribution in [0.4, 0.5) is 0 Å². The van der Waals surface area contributed by atoms with E-state index >= 15 is 0 Å². The Hall–Kier alpha value is -0.810. The zero-order chi connectivity index (χ0) is 18.0. The highest BCUT2D eigenvalue weighted by Gasteiger charge is 2.33. The van der Waals surface area contributed by atoms with Crippen molar-refractivity contribution in [3.05, 3.63) is 0 Å². The molecule has 146 valence electrons. The van der Waals surface area contributed by atoms with Crippen molar-refractivity contribution in [2.45, 2.75) is 58.3 Å². The summed E-state index contributed by atoms with van der Waals surface area (Å²) in [6, 6.07) is 0. The molecule has 25 heavy (non-hydrogen) atoms. The lowest BCUT2D eigenvalue weighted by molar-refractivity contribution is 0.138. The molecule has 5 nitrogen and oxygen atoms in total. The third-order valence-electron chi connectivity index (χ3n) is 6.35. The van der Waals surface area contributed by atoms with Crippen LogP contribution in [-0.4, -0.2) is 64.3 Å². The van der Waals surface area contributed by atoms with Gasteiger partial charge in [-0.1, -0.05) is 19.8 Å². The number of rotatable bonds is 9. The smallest absolute Gasteiger partial charge is 0.190 e. The Morgan fingerprint density at radius 1 is 1.20 bits per heavy atom. The average Bonchev–Trinajstić information content (AvgIpc) is 3.12. The standard InChI is InChI=1S/C20H40N4O/c1-4-24-14-8-18(9-15-24)7-13-22-19(21-2)23-17-20(12-16-25-3)10-5-6-11-20/h18H,4-17H2,1-3H3,(H2,21,22,23). The summed E-state index contributed by atoms with van der Waals surface area (Å²) in [5.74, 6) is 1.84. The van der Waals surface area contributed by atoms with Gasteiger partial charge in [-0.3, -0.25) is 4.99 Å². The quantitative estimate of drug-likeness (QED) is 0.495. The molecule has 2 N–H and O–H groups in total. The zero-order valence-corrected chi connectivity index (χ0v) is 16.8. The lowest BCUT2D eigenvalue weighted by Gasteiger charge is -2.31.